The van der Waals surface area contributed by atoms with Gasteiger partial charge < -0.3 is 15.8 Å². The van der Waals surface area contributed by atoms with Crippen molar-refractivity contribution in [3.63, 3.8) is 0 Å². The fourth-order valence-corrected chi connectivity index (χ4v) is 2.25. The largest absolute Gasteiger partial charge is 0.495 e. The first-order valence-electron chi connectivity index (χ1n) is 5.50. The van der Waals surface area contributed by atoms with E-state index in [2.05, 4.69) is 5.32 Å². The summed E-state index contributed by atoms with van der Waals surface area (Å²) in [6, 6.07) is 7.51. The zero-order valence-electron chi connectivity index (χ0n) is 10.5. The Kier molecular flexibility index (Phi) is 3.85. The van der Waals surface area contributed by atoms with Crippen molar-refractivity contribution in [3.8, 4) is 5.75 Å². The second kappa shape index (κ2) is 5.57. The maximum absolute atomic E-state index is 11.9. The highest BCUT2D eigenvalue weighted by molar-refractivity contribution is 7.17. The van der Waals surface area contributed by atoms with Crippen LogP contribution in [0.5, 0.6) is 5.75 Å². The molecule has 0 aliphatic rings. The second-order valence-corrected chi connectivity index (χ2v) is 4.87. The van der Waals surface area contributed by atoms with E-state index >= 15 is 0 Å². The van der Waals surface area contributed by atoms with Crippen molar-refractivity contribution in [2.24, 2.45) is 0 Å². The van der Waals surface area contributed by atoms with Crippen molar-refractivity contribution >= 4 is 33.6 Å². The lowest BCUT2D eigenvalue weighted by molar-refractivity contribution is -0.380. The van der Waals surface area contributed by atoms with Crippen LogP contribution >= 0.6 is 11.3 Å². The number of nitro groups is 1. The number of methoxy groups -OCH3 is 1. The van der Waals surface area contributed by atoms with Crippen LogP contribution in [0.15, 0.2) is 30.3 Å². The van der Waals surface area contributed by atoms with E-state index in [1.54, 1.807) is 18.2 Å². The molecule has 7 nitrogen and oxygen atoms in total. The Morgan fingerprint density at radius 3 is 2.75 bits per heavy atom. The Balaban J connectivity index is 2.16. The summed E-state index contributed by atoms with van der Waals surface area (Å²) < 4.78 is 5.05. The third kappa shape index (κ3) is 2.86. The molecule has 1 amide bonds. The first kappa shape index (κ1) is 13.8. The van der Waals surface area contributed by atoms with Crippen LogP contribution in [0.4, 0.5) is 16.4 Å². The van der Waals surface area contributed by atoms with Crippen LogP contribution in [-0.4, -0.2) is 17.9 Å². The minimum atomic E-state index is -0.534. The standard InChI is InChI=1S/C12H11N3O4S/c1-19-9-6-7(2-3-8(9)13)14-12(16)10-4-5-11(20-10)15(17)18/h2-6H,13H2,1H3,(H,14,16). The number of benzene rings is 1. The highest BCUT2D eigenvalue weighted by Gasteiger charge is 2.15. The monoisotopic (exact) mass is 293 g/mol. The second-order valence-electron chi connectivity index (χ2n) is 3.81. The lowest BCUT2D eigenvalue weighted by Crippen LogP contribution is -2.10. The molecule has 8 heteroatoms. The predicted octanol–water partition coefficient (Wildman–Crippen LogP) is 2.50. The maximum Gasteiger partial charge on any atom is 0.324 e. The maximum atomic E-state index is 11.9. The summed E-state index contributed by atoms with van der Waals surface area (Å²) in [6.07, 6.45) is 0. The number of carbonyl (C=O) groups excluding carboxylic acids is 1. The molecule has 0 saturated heterocycles. The Morgan fingerprint density at radius 2 is 2.15 bits per heavy atom. The first-order chi connectivity index (χ1) is 9.51. The summed E-state index contributed by atoms with van der Waals surface area (Å²) in [6.45, 7) is 0. The van der Waals surface area contributed by atoms with E-state index in [1.165, 1.54) is 19.2 Å². The van der Waals surface area contributed by atoms with Crippen LogP contribution in [0.3, 0.4) is 0 Å². The number of rotatable bonds is 4. The van der Waals surface area contributed by atoms with Gasteiger partial charge in [0.15, 0.2) is 0 Å². The third-order valence-corrected chi connectivity index (χ3v) is 3.52. The number of nitrogen functional groups attached to an aromatic ring is 1. The number of carbonyl (C=O) groups is 1. The zero-order chi connectivity index (χ0) is 14.7. The van der Waals surface area contributed by atoms with Gasteiger partial charge in [0.2, 0.25) is 0 Å². The Labute approximate surface area is 118 Å². The molecule has 0 bridgehead atoms. The zero-order valence-corrected chi connectivity index (χ0v) is 11.3. The Morgan fingerprint density at radius 1 is 1.40 bits per heavy atom. The number of nitrogens with zero attached hydrogens (tertiary/aromatic N) is 1. The third-order valence-electron chi connectivity index (χ3n) is 2.49. The van der Waals surface area contributed by atoms with E-state index in [4.69, 9.17) is 10.5 Å². The van der Waals surface area contributed by atoms with Crippen LogP contribution in [0, 0.1) is 10.1 Å². The van der Waals surface area contributed by atoms with Gasteiger partial charge in [0.25, 0.3) is 5.91 Å². The average molecular weight is 293 g/mol. The molecular formula is C12H11N3O4S. The van der Waals surface area contributed by atoms with Crippen LogP contribution in [0.1, 0.15) is 9.67 Å². The summed E-state index contributed by atoms with van der Waals surface area (Å²) in [5, 5.41) is 13.1. The number of nitrogens with two attached hydrogens (primary N) is 1. The van der Waals surface area contributed by atoms with E-state index in [0.29, 0.717) is 17.1 Å². The first-order valence-corrected chi connectivity index (χ1v) is 6.32. The molecule has 0 spiro atoms. The van der Waals surface area contributed by atoms with Crippen LogP contribution in [0.25, 0.3) is 0 Å². The van der Waals surface area contributed by atoms with E-state index in [9.17, 15) is 14.9 Å². The summed E-state index contributed by atoms with van der Waals surface area (Å²) in [5.41, 5.74) is 6.62. The lowest BCUT2D eigenvalue weighted by Gasteiger charge is -2.08. The van der Waals surface area contributed by atoms with Crippen molar-refractivity contribution in [2.75, 3.05) is 18.2 Å². The molecule has 2 aromatic rings. The van der Waals surface area contributed by atoms with Crippen LogP contribution in [-0.2, 0) is 0 Å². The molecule has 3 N–H and O–H groups in total. The molecular weight excluding hydrogens is 282 g/mol. The summed E-state index contributed by atoms with van der Waals surface area (Å²) >= 11 is 0.814. The van der Waals surface area contributed by atoms with Gasteiger partial charge in [0.05, 0.1) is 22.6 Å². The number of ether oxygens (including phenoxy) is 1. The van der Waals surface area contributed by atoms with Gasteiger partial charge in [-0.05, 0) is 18.2 Å². The normalized spacial score (nSPS) is 10.1. The SMILES string of the molecule is COc1cc(NC(=O)c2ccc([N+](=O)[O-])s2)ccc1N. The topological polar surface area (TPSA) is 107 Å². The molecule has 104 valence electrons. The number of hydrogen-bond donors (Lipinski definition) is 2. The fraction of sp³-hybridized carbons (Fsp3) is 0.0833. The van der Waals surface area contributed by atoms with Crippen LogP contribution in [0.2, 0.25) is 0 Å². The Hall–Kier alpha value is -2.61. The van der Waals surface area contributed by atoms with Crippen molar-refractivity contribution < 1.29 is 14.5 Å². The molecule has 2 rings (SSSR count). The van der Waals surface area contributed by atoms with Gasteiger partial charge in [-0.15, -0.1) is 0 Å². The molecule has 0 saturated carbocycles. The lowest BCUT2D eigenvalue weighted by atomic mass is 10.2. The molecule has 20 heavy (non-hydrogen) atoms. The molecule has 0 radical (unpaired) electrons. The highest BCUT2D eigenvalue weighted by atomic mass is 32.1. The van der Waals surface area contributed by atoms with Gasteiger partial charge in [0, 0.05) is 17.8 Å². The summed E-state index contributed by atoms with van der Waals surface area (Å²) in [7, 11) is 1.47. The van der Waals surface area contributed by atoms with Crippen molar-refractivity contribution in [1.29, 1.82) is 0 Å². The van der Waals surface area contributed by atoms with E-state index in [1.807, 2.05) is 0 Å². The molecule has 0 unspecified atom stereocenters. The number of amides is 1. The number of thiophene rings is 1. The Bertz CT molecular complexity index is 668. The van der Waals surface area contributed by atoms with Gasteiger partial charge in [0.1, 0.15) is 5.75 Å². The summed E-state index contributed by atoms with van der Waals surface area (Å²) in [4.78, 5) is 22.2. The molecule has 1 aromatic heterocycles. The van der Waals surface area contributed by atoms with Gasteiger partial charge in [-0.3, -0.25) is 14.9 Å². The fourth-order valence-electron chi connectivity index (χ4n) is 1.53. The number of anilines is 2. The van der Waals surface area contributed by atoms with E-state index in [-0.39, 0.29) is 9.88 Å². The number of hydrogen-bond acceptors (Lipinski definition) is 6. The van der Waals surface area contributed by atoms with E-state index in [0.717, 1.165) is 11.3 Å². The summed E-state index contributed by atoms with van der Waals surface area (Å²) in [5.74, 6) is 0.0230. The predicted molar refractivity (Wildman–Crippen MR) is 76.3 cm³/mol. The van der Waals surface area contributed by atoms with Gasteiger partial charge in [-0.1, -0.05) is 11.3 Å². The molecule has 1 heterocycles. The van der Waals surface area contributed by atoms with Crippen molar-refractivity contribution in [1.82, 2.24) is 0 Å². The smallest absolute Gasteiger partial charge is 0.324 e. The van der Waals surface area contributed by atoms with Gasteiger partial charge >= 0.3 is 5.00 Å². The van der Waals surface area contributed by atoms with Gasteiger partial charge in [-0.25, -0.2) is 0 Å². The van der Waals surface area contributed by atoms with Crippen molar-refractivity contribution in [2.45, 2.75) is 0 Å². The average Bonchev–Trinajstić information content (AvgIpc) is 2.91. The van der Waals surface area contributed by atoms with Gasteiger partial charge in [-0.2, -0.15) is 0 Å². The molecule has 0 aliphatic carbocycles. The van der Waals surface area contributed by atoms with Crippen LogP contribution < -0.4 is 15.8 Å². The minimum absolute atomic E-state index is 0.0787. The molecule has 1 aromatic carbocycles. The van der Waals surface area contributed by atoms with Crippen molar-refractivity contribution in [3.05, 3.63) is 45.3 Å². The quantitative estimate of drug-likeness (QED) is 0.511. The molecule has 0 atom stereocenters. The molecule has 0 aliphatic heterocycles. The molecule has 0 fully saturated rings. The number of nitrogens with one attached hydrogen (secondary N) is 1. The minimum Gasteiger partial charge on any atom is -0.495 e. The highest BCUT2D eigenvalue weighted by Crippen LogP contribution is 2.27. The van der Waals surface area contributed by atoms with E-state index < -0.39 is 10.8 Å².